The van der Waals surface area contributed by atoms with Gasteiger partial charge in [-0.05, 0) is 78.2 Å². The average molecular weight is 567 g/mol. The SMILES string of the molecule is CCOc1cc(/C=C2/C(=O)NC(=O)N(c3ccccc3F)C2=O)cc(Br)c1OCc1cc(C)cc(C)c1. The van der Waals surface area contributed by atoms with Gasteiger partial charge in [0.05, 0.1) is 16.8 Å². The molecule has 3 aromatic carbocycles. The van der Waals surface area contributed by atoms with Crippen molar-refractivity contribution in [3.8, 4) is 11.5 Å². The van der Waals surface area contributed by atoms with Crippen LogP contribution in [0.15, 0.2) is 64.6 Å². The summed E-state index contributed by atoms with van der Waals surface area (Å²) < 4.78 is 26.7. The molecule has 9 heteroatoms. The summed E-state index contributed by atoms with van der Waals surface area (Å²) in [5.74, 6) is -1.73. The van der Waals surface area contributed by atoms with Crippen molar-refractivity contribution < 1.29 is 28.2 Å². The third-order valence-electron chi connectivity index (χ3n) is 5.50. The summed E-state index contributed by atoms with van der Waals surface area (Å²) >= 11 is 3.50. The van der Waals surface area contributed by atoms with Gasteiger partial charge in [-0.3, -0.25) is 14.9 Å². The second-order valence-corrected chi connectivity index (χ2v) is 9.31. The first-order valence-corrected chi connectivity index (χ1v) is 12.3. The van der Waals surface area contributed by atoms with Crippen LogP contribution < -0.4 is 19.7 Å². The van der Waals surface area contributed by atoms with Crippen molar-refractivity contribution in [2.75, 3.05) is 11.5 Å². The highest BCUT2D eigenvalue weighted by Gasteiger charge is 2.38. The van der Waals surface area contributed by atoms with E-state index in [-0.39, 0.29) is 11.3 Å². The van der Waals surface area contributed by atoms with Crippen molar-refractivity contribution >= 4 is 45.5 Å². The molecule has 0 atom stereocenters. The quantitative estimate of drug-likeness (QED) is 0.286. The zero-order valence-corrected chi connectivity index (χ0v) is 22.0. The Morgan fingerprint density at radius 1 is 1.00 bits per heavy atom. The summed E-state index contributed by atoms with van der Waals surface area (Å²) in [7, 11) is 0. The van der Waals surface area contributed by atoms with Crippen LogP contribution in [0.5, 0.6) is 11.5 Å². The van der Waals surface area contributed by atoms with Crippen molar-refractivity contribution in [1.29, 1.82) is 0 Å². The maximum atomic E-state index is 14.3. The van der Waals surface area contributed by atoms with E-state index in [2.05, 4.69) is 27.3 Å². The predicted octanol–water partition coefficient (Wildman–Crippen LogP) is 5.85. The fourth-order valence-corrected chi connectivity index (χ4v) is 4.63. The second-order valence-electron chi connectivity index (χ2n) is 8.46. The first kappa shape index (κ1) is 26.1. The van der Waals surface area contributed by atoms with Crippen LogP contribution in [-0.4, -0.2) is 24.5 Å². The molecular formula is C28H24BrFN2O5. The van der Waals surface area contributed by atoms with Crippen LogP contribution in [0.25, 0.3) is 6.08 Å². The van der Waals surface area contributed by atoms with E-state index < -0.39 is 23.7 Å². The van der Waals surface area contributed by atoms with E-state index in [1.165, 1.54) is 24.3 Å². The maximum absolute atomic E-state index is 14.3. The van der Waals surface area contributed by atoms with Gasteiger partial charge in [-0.1, -0.05) is 41.5 Å². The number of nitrogens with zero attached hydrogens (tertiary/aromatic N) is 1. The summed E-state index contributed by atoms with van der Waals surface area (Å²) in [4.78, 5) is 38.6. The molecule has 7 nitrogen and oxygen atoms in total. The number of para-hydroxylation sites is 1. The number of ether oxygens (including phenoxy) is 2. The zero-order chi connectivity index (χ0) is 26.7. The fourth-order valence-electron chi connectivity index (χ4n) is 4.06. The molecule has 0 bridgehead atoms. The monoisotopic (exact) mass is 566 g/mol. The van der Waals surface area contributed by atoms with Crippen LogP contribution in [0.2, 0.25) is 0 Å². The molecule has 1 heterocycles. The Bertz CT molecular complexity index is 1420. The Balaban J connectivity index is 1.67. The average Bonchev–Trinajstić information content (AvgIpc) is 2.82. The molecule has 1 aliphatic rings. The standard InChI is InChI=1S/C28H24BrFN2O5/c1-4-36-24-14-18(13-21(29)25(24)37-15-19-10-16(2)9-17(3)11-19)12-20-26(33)31-28(35)32(27(20)34)23-8-6-5-7-22(23)30/h5-14H,4,15H2,1-3H3,(H,31,33,35)/b20-12-. The number of rotatable bonds is 7. The summed E-state index contributed by atoms with van der Waals surface area (Å²) in [6.07, 6.45) is 1.32. The Labute approximate surface area is 222 Å². The zero-order valence-electron chi connectivity index (χ0n) is 20.4. The maximum Gasteiger partial charge on any atom is 0.336 e. The van der Waals surface area contributed by atoms with Gasteiger partial charge in [0.25, 0.3) is 11.8 Å². The van der Waals surface area contributed by atoms with E-state index in [4.69, 9.17) is 9.47 Å². The van der Waals surface area contributed by atoms with Crippen molar-refractivity contribution in [2.24, 2.45) is 0 Å². The number of hydrogen-bond acceptors (Lipinski definition) is 5. The Morgan fingerprint density at radius 3 is 2.38 bits per heavy atom. The van der Waals surface area contributed by atoms with E-state index in [1.54, 1.807) is 12.1 Å². The number of urea groups is 1. The molecule has 4 amide bonds. The largest absolute Gasteiger partial charge is 0.490 e. The van der Waals surface area contributed by atoms with Crippen LogP contribution in [-0.2, 0) is 16.2 Å². The van der Waals surface area contributed by atoms with Gasteiger partial charge in [0.15, 0.2) is 11.5 Å². The van der Waals surface area contributed by atoms with Gasteiger partial charge >= 0.3 is 6.03 Å². The molecule has 37 heavy (non-hydrogen) atoms. The summed E-state index contributed by atoms with van der Waals surface area (Å²) in [5.41, 5.74) is 3.11. The van der Waals surface area contributed by atoms with E-state index in [9.17, 15) is 18.8 Å². The number of barbiturate groups is 1. The number of halogens is 2. The van der Waals surface area contributed by atoms with Gasteiger partial charge in [-0.25, -0.2) is 14.1 Å². The van der Waals surface area contributed by atoms with E-state index >= 15 is 0 Å². The Morgan fingerprint density at radius 2 is 1.70 bits per heavy atom. The van der Waals surface area contributed by atoms with Gasteiger partial charge in [0.2, 0.25) is 0 Å². The lowest BCUT2D eigenvalue weighted by Crippen LogP contribution is -2.54. The highest BCUT2D eigenvalue weighted by atomic mass is 79.9. The van der Waals surface area contributed by atoms with Crippen molar-refractivity contribution in [1.82, 2.24) is 5.32 Å². The number of hydrogen-bond donors (Lipinski definition) is 1. The van der Waals surface area contributed by atoms with Crippen molar-refractivity contribution in [2.45, 2.75) is 27.4 Å². The van der Waals surface area contributed by atoms with Crippen LogP contribution in [0.3, 0.4) is 0 Å². The predicted molar refractivity (Wildman–Crippen MR) is 141 cm³/mol. The van der Waals surface area contributed by atoms with Gasteiger partial charge < -0.3 is 9.47 Å². The molecule has 0 saturated carbocycles. The van der Waals surface area contributed by atoms with Crippen molar-refractivity contribution in [3.63, 3.8) is 0 Å². The minimum absolute atomic E-state index is 0.255. The molecule has 0 aliphatic carbocycles. The van der Waals surface area contributed by atoms with E-state index in [1.807, 2.05) is 32.9 Å². The highest BCUT2D eigenvalue weighted by Crippen LogP contribution is 2.38. The molecule has 190 valence electrons. The third kappa shape index (κ3) is 5.72. The van der Waals surface area contributed by atoms with Gasteiger partial charge in [-0.15, -0.1) is 0 Å². The first-order chi connectivity index (χ1) is 17.7. The molecule has 0 unspecified atom stereocenters. The molecule has 1 aliphatic heterocycles. The van der Waals surface area contributed by atoms with Crippen LogP contribution in [0.1, 0.15) is 29.2 Å². The number of anilines is 1. The molecule has 1 saturated heterocycles. The molecule has 3 aromatic rings. The highest BCUT2D eigenvalue weighted by molar-refractivity contribution is 9.10. The molecule has 1 N–H and O–H groups in total. The molecule has 0 spiro atoms. The topological polar surface area (TPSA) is 84.9 Å². The van der Waals surface area contributed by atoms with Gasteiger partial charge in [0.1, 0.15) is 18.0 Å². The second kappa shape index (κ2) is 11.0. The summed E-state index contributed by atoms with van der Waals surface area (Å²) in [6, 6.07) is 13.7. The minimum atomic E-state index is -1.02. The number of amides is 4. The van der Waals surface area contributed by atoms with E-state index in [0.29, 0.717) is 39.6 Å². The smallest absolute Gasteiger partial charge is 0.336 e. The van der Waals surface area contributed by atoms with Gasteiger partial charge in [0, 0.05) is 0 Å². The molecule has 0 radical (unpaired) electrons. The number of benzene rings is 3. The fraction of sp³-hybridized carbons (Fsp3) is 0.179. The van der Waals surface area contributed by atoms with Gasteiger partial charge in [-0.2, -0.15) is 0 Å². The normalized spacial score (nSPS) is 14.7. The van der Waals surface area contributed by atoms with Crippen LogP contribution in [0, 0.1) is 19.7 Å². The lowest BCUT2D eigenvalue weighted by atomic mass is 10.1. The number of imide groups is 2. The Hall–Kier alpha value is -3.98. The molecule has 1 fully saturated rings. The summed E-state index contributed by atoms with van der Waals surface area (Å²) in [5, 5.41) is 2.09. The molecular weight excluding hydrogens is 543 g/mol. The first-order valence-electron chi connectivity index (χ1n) is 11.5. The number of aryl methyl sites for hydroxylation is 2. The van der Waals surface area contributed by atoms with E-state index in [0.717, 1.165) is 22.8 Å². The number of carbonyl (C=O) groups is 3. The van der Waals surface area contributed by atoms with Crippen molar-refractivity contribution in [3.05, 3.63) is 92.7 Å². The number of carbonyl (C=O) groups excluding carboxylic acids is 3. The third-order valence-corrected chi connectivity index (χ3v) is 6.09. The lowest BCUT2D eigenvalue weighted by Gasteiger charge is -2.26. The van der Waals surface area contributed by atoms with Crippen LogP contribution >= 0.6 is 15.9 Å². The van der Waals surface area contributed by atoms with Crippen LogP contribution in [0.4, 0.5) is 14.9 Å². The Kier molecular flexibility index (Phi) is 7.73. The summed E-state index contributed by atoms with van der Waals surface area (Å²) in [6.45, 7) is 6.51. The molecule has 4 rings (SSSR count). The lowest BCUT2D eigenvalue weighted by molar-refractivity contribution is -0.122. The molecule has 0 aromatic heterocycles. The minimum Gasteiger partial charge on any atom is -0.490 e. The number of nitrogens with one attached hydrogen (secondary N) is 1.